The smallest absolute Gasteiger partial charge is 0.344 e. The van der Waals surface area contributed by atoms with E-state index < -0.39 is 33.3 Å². The minimum Gasteiger partial charge on any atom is -0.344 e. The van der Waals surface area contributed by atoms with E-state index in [1.165, 1.54) is 0 Å². The van der Waals surface area contributed by atoms with Crippen molar-refractivity contribution in [3.63, 3.8) is 0 Å². The number of carbonyl (C=O) groups excluding carboxylic acids is 3. The van der Waals surface area contributed by atoms with Crippen LogP contribution in [0.3, 0.4) is 0 Å². The van der Waals surface area contributed by atoms with Crippen LogP contribution >= 0.6 is 0 Å². The van der Waals surface area contributed by atoms with E-state index in [2.05, 4.69) is 20.8 Å². The average Bonchev–Trinajstić information content (AvgIpc) is 2.89. The monoisotopic (exact) mass is 591 g/mol. The fourth-order valence-corrected chi connectivity index (χ4v) is 5.61. The molecule has 0 heterocycles. The van der Waals surface area contributed by atoms with Gasteiger partial charge in [-0.1, -0.05) is 136 Å². The lowest BCUT2D eigenvalue weighted by atomic mass is 9.81. The maximum atomic E-state index is 13.4. The highest BCUT2D eigenvalue weighted by molar-refractivity contribution is 7.81. The summed E-state index contributed by atoms with van der Waals surface area (Å²) in [6.07, 6.45) is 19.3. The Morgan fingerprint density at radius 3 is 0.950 bits per heavy atom. The van der Waals surface area contributed by atoms with Crippen LogP contribution in [0.2, 0.25) is 0 Å². The molecule has 0 aromatic heterocycles. The van der Waals surface area contributed by atoms with Gasteiger partial charge >= 0.3 is 10.4 Å². The van der Waals surface area contributed by atoms with E-state index in [0.29, 0.717) is 19.3 Å². The third kappa shape index (κ3) is 19.1. The van der Waals surface area contributed by atoms with Crippen molar-refractivity contribution in [1.82, 2.24) is 6.15 Å². The average molecular weight is 592 g/mol. The van der Waals surface area contributed by atoms with Crippen molar-refractivity contribution in [2.45, 2.75) is 180 Å². The van der Waals surface area contributed by atoms with E-state index in [1.54, 1.807) is 0 Å². The van der Waals surface area contributed by atoms with E-state index in [1.807, 2.05) is 0 Å². The van der Waals surface area contributed by atoms with Gasteiger partial charge in [-0.3, -0.25) is 18.9 Å². The molecule has 0 aliphatic rings. The molecule has 0 saturated carbocycles. The van der Waals surface area contributed by atoms with E-state index >= 15 is 0 Å². The van der Waals surface area contributed by atoms with Gasteiger partial charge in [0, 0.05) is 19.3 Å². The number of hydrogen-bond donors (Lipinski definition) is 2. The summed E-state index contributed by atoms with van der Waals surface area (Å²) in [4.78, 5) is 40.3. The van der Waals surface area contributed by atoms with Gasteiger partial charge in [-0.05, 0) is 19.3 Å². The molecular weight excluding hydrogens is 530 g/mol. The number of carbonyl (C=O) groups is 3. The molecule has 8 nitrogen and oxygen atoms in total. The summed E-state index contributed by atoms with van der Waals surface area (Å²) in [6, 6.07) is 0. The van der Waals surface area contributed by atoms with Gasteiger partial charge in [-0.2, -0.15) is 8.42 Å². The van der Waals surface area contributed by atoms with Crippen LogP contribution in [0, 0.1) is 0 Å². The number of hydrogen-bond acceptors (Lipinski definition) is 7. The molecule has 0 amide bonds. The third-order valence-corrected chi connectivity index (χ3v) is 7.89. The van der Waals surface area contributed by atoms with Gasteiger partial charge in [0.25, 0.3) is 5.60 Å². The molecule has 9 heteroatoms. The predicted octanol–water partition coefficient (Wildman–Crippen LogP) is 8.84. The third-order valence-electron chi connectivity index (χ3n) is 7.43. The number of unbranched alkanes of at least 4 members (excludes halogenated alkanes) is 18. The van der Waals surface area contributed by atoms with E-state index in [-0.39, 0.29) is 25.4 Å². The van der Waals surface area contributed by atoms with Gasteiger partial charge in [0.2, 0.25) is 0 Å². The lowest BCUT2D eigenvalue weighted by Gasteiger charge is -2.28. The van der Waals surface area contributed by atoms with Gasteiger partial charge in [0.15, 0.2) is 17.3 Å². The second-order valence-corrected chi connectivity index (χ2v) is 12.1. The molecule has 40 heavy (non-hydrogen) atoms. The fourth-order valence-electron chi connectivity index (χ4n) is 5.02. The molecule has 0 bridgehead atoms. The first-order chi connectivity index (χ1) is 18.7. The highest BCUT2D eigenvalue weighted by Gasteiger charge is 2.54. The molecule has 0 radical (unpaired) electrons. The second kappa shape index (κ2) is 25.5. The van der Waals surface area contributed by atoms with Crippen LogP contribution in [-0.4, -0.2) is 35.9 Å². The Balaban J connectivity index is 0. The summed E-state index contributed by atoms with van der Waals surface area (Å²) < 4.78 is 38.1. The molecule has 0 saturated heterocycles. The van der Waals surface area contributed by atoms with Gasteiger partial charge in [0.1, 0.15) is 0 Å². The first kappa shape index (κ1) is 41.0. The Morgan fingerprint density at radius 1 is 0.500 bits per heavy atom. The van der Waals surface area contributed by atoms with Crippen molar-refractivity contribution in [3.8, 4) is 0 Å². The summed E-state index contributed by atoms with van der Waals surface area (Å²) in [5, 5.41) is 0. The van der Waals surface area contributed by atoms with E-state index in [4.69, 9.17) is 4.18 Å². The summed E-state index contributed by atoms with van der Waals surface area (Å²) in [6.45, 7) is 6.42. The molecule has 238 valence electrons. The SMILES string of the molecule is CCCCCCCCCC(=O)C(OS(=O)(=O)O)(C(=O)CCCCCCCCC)C(=O)CCCCCCCCC.N. The minimum atomic E-state index is -5.22. The largest absolute Gasteiger partial charge is 0.399 e. The van der Waals surface area contributed by atoms with Crippen LogP contribution < -0.4 is 6.15 Å². The Bertz CT molecular complexity index is 694. The highest BCUT2D eigenvalue weighted by Crippen LogP contribution is 2.28. The summed E-state index contributed by atoms with van der Waals surface area (Å²) in [5.41, 5.74) is -2.76. The molecular formula is C31H61NO7S. The predicted molar refractivity (Wildman–Crippen MR) is 163 cm³/mol. The zero-order valence-corrected chi connectivity index (χ0v) is 26.8. The van der Waals surface area contributed by atoms with E-state index in [9.17, 15) is 27.4 Å². The molecule has 0 aromatic rings. The molecule has 0 aliphatic carbocycles. The fraction of sp³-hybridized carbons (Fsp3) is 0.903. The molecule has 0 spiro atoms. The van der Waals surface area contributed by atoms with Gasteiger partial charge < -0.3 is 6.15 Å². The summed E-state index contributed by atoms with van der Waals surface area (Å²) >= 11 is 0. The minimum absolute atomic E-state index is 0. The Hall–Kier alpha value is -1.16. The number of rotatable bonds is 29. The summed E-state index contributed by atoms with van der Waals surface area (Å²) in [5.74, 6) is -2.52. The quantitative estimate of drug-likeness (QED) is 0.0497. The molecule has 0 aliphatic heterocycles. The number of Topliss-reactive ketones (excluding diaryl/α,β-unsaturated/α-hetero) is 3. The first-order valence-electron chi connectivity index (χ1n) is 15.9. The molecule has 0 unspecified atom stereocenters. The van der Waals surface area contributed by atoms with Crippen molar-refractivity contribution >= 4 is 27.7 Å². The zero-order valence-electron chi connectivity index (χ0n) is 26.0. The second-order valence-electron chi connectivity index (χ2n) is 11.1. The van der Waals surface area contributed by atoms with Crippen LogP contribution in [0.1, 0.15) is 175 Å². The van der Waals surface area contributed by atoms with Gasteiger partial charge in [-0.15, -0.1) is 0 Å². The summed E-state index contributed by atoms with van der Waals surface area (Å²) in [7, 11) is -5.22. The van der Waals surface area contributed by atoms with Gasteiger partial charge in [-0.25, -0.2) is 4.18 Å². The van der Waals surface area contributed by atoms with Crippen LogP contribution in [0.15, 0.2) is 0 Å². The topological polar surface area (TPSA) is 150 Å². The lowest BCUT2D eigenvalue weighted by Crippen LogP contribution is -2.56. The normalized spacial score (nSPS) is 11.8. The standard InChI is InChI=1S/C31H58O7S.H3N/c1-4-7-10-13-16-19-22-25-28(32)31(38-39(35,36)37,29(33)26-23-20-17-14-11-8-5-2)30(34)27-24-21-18-15-12-9-6-3;/h4-27H2,1-3H3,(H,35,36,37);1H3. The van der Waals surface area contributed by atoms with Crippen molar-refractivity contribution < 1.29 is 31.5 Å². The first-order valence-corrected chi connectivity index (χ1v) is 17.3. The molecule has 0 fully saturated rings. The number of ketones is 3. The van der Waals surface area contributed by atoms with Crippen molar-refractivity contribution in [3.05, 3.63) is 0 Å². The zero-order chi connectivity index (χ0) is 29.4. The Labute approximate surface area is 245 Å². The van der Waals surface area contributed by atoms with Crippen molar-refractivity contribution in [2.24, 2.45) is 0 Å². The van der Waals surface area contributed by atoms with E-state index in [0.717, 1.165) is 116 Å². The maximum Gasteiger partial charge on any atom is 0.399 e. The van der Waals surface area contributed by atoms with Crippen LogP contribution in [0.25, 0.3) is 0 Å². The van der Waals surface area contributed by atoms with Crippen molar-refractivity contribution in [2.75, 3.05) is 0 Å². The van der Waals surface area contributed by atoms with Crippen LogP contribution in [-0.2, 0) is 29.0 Å². The van der Waals surface area contributed by atoms with Crippen LogP contribution in [0.5, 0.6) is 0 Å². The maximum absolute atomic E-state index is 13.4. The van der Waals surface area contributed by atoms with Crippen LogP contribution in [0.4, 0.5) is 0 Å². The Morgan fingerprint density at radius 2 is 0.725 bits per heavy atom. The van der Waals surface area contributed by atoms with Crippen molar-refractivity contribution in [1.29, 1.82) is 0 Å². The molecule has 4 N–H and O–H groups in total. The molecule has 0 rings (SSSR count). The lowest BCUT2D eigenvalue weighted by molar-refractivity contribution is -0.156. The Kier molecular flexibility index (Phi) is 26.2. The highest BCUT2D eigenvalue weighted by atomic mass is 32.3. The molecule has 0 atom stereocenters. The van der Waals surface area contributed by atoms with Gasteiger partial charge in [0.05, 0.1) is 0 Å². The molecule has 0 aromatic carbocycles.